The van der Waals surface area contributed by atoms with E-state index in [4.69, 9.17) is 4.74 Å². The van der Waals surface area contributed by atoms with Crippen molar-refractivity contribution in [2.75, 3.05) is 5.32 Å². The van der Waals surface area contributed by atoms with Crippen LogP contribution < -0.4 is 5.32 Å². The maximum Gasteiger partial charge on any atom is 0.411 e. The van der Waals surface area contributed by atoms with E-state index in [1.165, 1.54) is 4.90 Å². The molecule has 158 valence electrons. The van der Waals surface area contributed by atoms with E-state index in [9.17, 15) is 9.59 Å². The molecule has 5 heteroatoms. The van der Waals surface area contributed by atoms with E-state index in [-0.39, 0.29) is 12.5 Å². The third-order valence-corrected chi connectivity index (χ3v) is 5.63. The number of nitrogens with one attached hydrogen (secondary N) is 1. The van der Waals surface area contributed by atoms with Gasteiger partial charge >= 0.3 is 6.09 Å². The largest absolute Gasteiger partial charge is 0.445 e. The molecule has 0 saturated heterocycles. The zero-order valence-electron chi connectivity index (χ0n) is 17.8. The molecule has 1 heterocycles. The highest BCUT2D eigenvalue weighted by atomic mass is 16.6. The van der Waals surface area contributed by atoms with Crippen LogP contribution >= 0.6 is 0 Å². The number of fused-ring (bicyclic) bond motifs is 1. The SMILES string of the molecule is Cc1ccc(NC(=O)C2Cc3ccccc3CN2C(=O)OCc2ccccc2)c(C)c1. The van der Waals surface area contributed by atoms with E-state index in [0.717, 1.165) is 33.5 Å². The van der Waals surface area contributed by atoms with Gasteiger partial charge < -0.3 is 10.1 Å². The number of benzene rings is 3. The van der Waals surface area contributed by atoms with Gasteiger partial charge in [0.2, 0.25) is 5.91 Å². The van der Waals surface area contributed by atoms with Crippen molar-refractivity contribution in [2.24, 2.45) is 0 Å². The molecule has 0 aromatic heterocycles. The van der Waals surface area contributed by atoms with E-state index in [0.29, 0.717) is 13.0 Å². The smallest absolute Gasteiger partial charge is 0.411 e. The number of nitrogens with zero attached hydrogens (tertiary/aromatic N) is 1. The van der Waals surface area contributed by atoms with Crippen molar-refractivity contribution in [1.82, 2.24) is 4.90 Å². The minimum absolute atomic E-state index is 0.170. The summed E-state index contributed by atoms with van der Waals surface area (Å²) in [5.74, 6) is -0.210. The molecule has 31 heavy (non-hydrogen) atoms. The summed E-state index contributed by atoms with van der Waals surface area (Å²) >= 11 is 0. The zero-order valence-corrected chi connectivity index (χ0v) is 17.8. The van der Waals surface area contributed by atoms with Crippen LogP contribution in [0.25, 0.3) is 0 Å². The number of ether oxygens (including phenoxy) is 1. The quantitative estimate of drug-likeness (QED) is 0.653. The number of anilines is 1. The molecule has 5 nitrogen and oxygen atoms in total. The molecule has 0 fully saturated rings. The highest BCUT2D eigenvalue weighted by Crippen LogP contribution is 2.26. The second-order valence-electron chi connectivity index (χ2n) is 7.96. The number of carbonyl (C=O) groups is 2. The van der Waals surface area contributed by atoms with Crippen molar-refractivity contribution >= 4 is 17.7 Å². The van der Waals surface area contributed by atoms with Crippen molar-refractivity contribution in [3.05, 3.63) is 101 Å². The Bertz CT molecular complexity index is 1090. The molecule has 3 aromatic rings. The van der Waals surface area contributed by atoms with E-state index in [2.05, 4.69) is 5.32 Å². The summed E-state index contributed by atoms with van der Waals surface area (Å²) in [6.45, 7) is 4.49. The lowest BCUT2D eigenvalue weighted by Gasteiger charge is -2.35. The van der Waals surface area contributed by atoms with Gasteiger partial charge in [0.05, 0.1) is 6.54 Å². The van der Waals surface area contributed by atoms with Gasteiger partial charge in [-0.1, -0.05) is 72.3 Å². The van der Waals surface area contributed by atoms with Crippen LogP contribution in [0.3, 0.4) is 0 Å². The number of rotatable bonds is 4. The Kier molecular flexibility index (Phi) is 6.03. The number of amides is 2. The van der Waals surface area contributed by atoms with E-state index in [1.54, 1.807) is 0 Å². The Hall–Kier alpha value is -3.60. The number of hydrogen-bond acceptors (Lipinski definition) is 3. The lowest BCUT2D eigenvalue weighted by atomic mass is 9.93. The van der Waals surface area contributed by atoms with Crippen LogP contribution in [0, 0.1) is 13.8 Å². The fourth-order valence-corrected chi connectivity index (χ4v) is 3.92. The van der Waals surface area contributed by atoms with Gasteiger partial charge in [0, 0.05) is 12.1 Å². The van der Waals surface area contributed by atoms with Crippen LogP contribution in [0.4, 0.5) is 10.5 Å². The van der Waals surface area contributed by atoms with Crippen LogP contribution in [0.15, 0.2) is 72.8 Å². The predicted molar refractivity (Wildman–Crippen MR) is 121 cm³/mol. The second kappa shape index (κ2) is 9.04. The third kappa shape index (κ3) is 4.77. The molecule has 0 bridgehead atoms. The fourth-order valence-electron chi connectivity index (χ4n) is 3.92. The first-order chi connectivity index (χ1) is 15.0. The molecule has 0 radical (unpaired) electrons. The second-order valence-corrected chi connectivity index (χ2v) is 7.96. The molecule has 0 aliphatic carbocycles. The lowest BCUT2D eigenvalue weighted by molar-refractivity contribution is -0.121. The number of carbonyl (C=O) groups excluding carboxylic acids is 2. The van der Waals surface area contributed by atoms with Crippen LogP contribution in [0.5, 0.6) is 0 Å². The van der Waals surface area contributed by atoms with Crippen LogP contribution in [0.2, 0.25) is 0 Å². The first-order valence-electron chi connectivity index (χ1n) is 10.4. The molecule has 0 spiro atoms. The summed E-state index contributed by atoms with van der Waals surface area (Å²) in [5, 5.41) is 3.01. The first-order valence-corrected chi connectivity index (χ1v) is 10.4. The van der Waals surface area contributed by atoms with Gasteiger partial charge in [0.1, 0.15) is 12.6 Å². The van der Waals surface area contributed by atoms with Gasteiger partial charge in [-0.15, -0.1) is 0 Å². The van der Waals surface area contributed by atoms with E-state index in [1.807, 2.05) is 86.6 Å². The van der Waals surface area contributed by atoms with Crippen molar-refractivity contribution in [2.45, 2.75) is 39.5 Å². The third-order valence-electron chi connectivity index (χ3n) is 5.63. The summed E-state index contributed by atoms with van der Waals surface area (Å²) in [7, 11) is 0. The highest BCUT2D eigenvalue weighted by Gasteiger charge is 2.35. The first kappa shape index (κ1) is 20.7. The zero-order chi connectivity index (χ0) is 21.8. The highest BCUT2D eigenvalue weighted by molar-refractivity contribution is 5.97. The van der Waals surface area contributed by atoms with Gasteiger partial charge in [-0.25, -0.2) is 4.79 Å². The number of hydrogen-bond donors (Lipinski definition) is 1. The molecule has 4 rings (SSSR count). The van der Waals surface area contributed by atoms with Crippen LogP contribution in [-0.2, 0) is 29.1 Å². The molecule has 1 atom stereocenters. The molecule has 1 N–H and O–H groups in total. The van der Waals surface area contributed by atoms with Gasteiger partial charge in [-0.3, -0.25) is 9.69 Å². The molecule has 1 aliphatic heterocycles. The van der Waals surface area contributed by atoms with E-state index < -0.39 is 12.1 Å². The Morgan fingerprint density at radius 2 is 1.68 bits per heavy atom. The maximum absolute atomic E-state index is 13.2. The van der Waals surface area contributed by atoms with Gasteiger partial charge in [0.15, 0.2) is 0 Å². The monoisotopic (exact) mass is 414 g/mol. The van der Waals surface area contributed by atoms with Crippen molar-refractivity contribution in [3.63, 3.8) is 0 Å². The molecule has 3 aromatic carbocycles. The van der Waals surface area contributed by atoms with Gasteiger partial charge in [0.25, 0.3) is 0 Å². The van der Waals surface area contributed by atoms with Crippen LogP contribution in [0.1, 0.15) is 27.8 Å². The molecule has 1 aliphatic rings. The normalized spacial score (nSPS) is 15.2. The minimum atomic E-state index is -0.640. The molecular formula is C26H26N2O3. The van der Waals surface area contributed by atoms with Crippen molar-refractivity contribution < 1.29 is 14.3 Å². The standard InChI is InChI=1S/C26H26N2O3/c1-18-12-13-23(19(2)14-18)27-25(29)24-15-21-10-6-7-11-22(21)16-28(24)26(30)31-17-20-8-4-3-5-9-20/h3-14,24H,15-17H2,1-2H3,(H,27,29). The Morgan fingerprint density at radius 1 is 0.968 bits per heavy atom. The maximum atomic E-state index is 13.2. The average Bonchev–Trinajstić information content (AvgIpc) is 2.79. The van der Waals surface area contributed by atoms with Gasteiger partial charge in [-0.05, 0) is 42.2 Å². The fraction of sp³-hybridized carbons (Fsp3) is 0.231. The summed E-state index contributed by atoms with van der Waals surface area (Å²) < 4.78 is 5.56. The van der Waals surface area contributed by atoms with E-state index >= 15 is 0 Å². The average molecular weight is 415 g/mol. The topological polar surface area (TPSA) is 58.6 Å². The molecule has 1 unspecified atom stereocenters. The Labute approximate surface area is 182 Å². The molecule has 2 amide bonds. The number of aryl methyl sites for hydroxylation is 2. The van der Waals surface area contributed by atoms with Gasteiger partial charge in [-0.2, -0.15) is 0 Å². The molecule has 0 saturated carbocycles. The lowest BCUT2D eigenvalue weighted by Crippen LogP contribution is -2.50. The summed E-state index contributed by atoms with van der Waals surface area (Å²) in [6, 6.07) is 22.7. The Balaban J connectivity index is 1.54. The molecular weight excluding hydrogens is 388 g/mol. The van der Waals surface area contributed by atoms with Crippen molar-refractivity contribution in [1.29, 1.82) is 0 Å². The summed E-state index contributed by atoms with van der Waals surface area (Å²) in [6.07, 6.45) is -0.0352. The predicted octanol–water partition coefficient (Wildman–Crippen LogP) is 5.01. The summed E-state index contributed by atoms with van der Waals surface area (Å²) in [4.78, 5) is 27.8. The summed E-state index contributed by atoms with van der Waals surface area (Å²) in [5.41, 5.74) is 5.90. The Morgan fingerprint density at radius 3 is 2.42 bits per heavy atom. The van der Waals surface area contributed by atoms with Crippen molar-refractivity contribution in [3.8, 4) is 0 Å². The minimum Gasteiger partial charge on any atom is -0.445 e. The van der Waals surface area contributed by atoms with Crippen LogP contribution in [-0.4, -0.2) is 22.9 Å².